The molecule has 0 saturated carbocycles. The second kappa shape index (κ2) is 17.9. The molecule has 0 aliphatic rings. The van der Waals surface area contributed by atoms with E-state index in [0.29, 0.717) is 33.9 Å². The number of nitrogens with zero attached hydrogens (tertiary/aromatic N) is 2. The summed E-state index contributed by atoms with van der Waals surface area (Å²) >= 11 is 1.24. The molecular weight excluding hydrogens is 773 g/mol. The summed E-state index contributed by atoms with van der Waals surface area (Å²) in [6.45, 7) is 0.478. The van der Waals surface area contributed by atoms with Crippen molar-refractivity contribution in [3.8, 4) is 11.8 Å². The van der Waals surface area contributed by atoms with Crippen molar-refractivity contribution in [2.75, 3.05) is 12.7 Å². The molecule has 58 heavy (non-hydrogen) atoms. The van der Waals surface area contributed by atoms with Crippen LogP contribution in [0.4, 0.5) is 0 Å². The maximum absolute atomic E-state index is 14.2. The van der Waals surface area contributed by atoms with Crippen molar-refractivity contribution in [1.82, 2.24) is 10.3 Å². The van der Waals surface area contributed by atoms with Crippen LogP contribution in [0.25, 0.3) is 10.2 Å². The summed E-state index contributed by atoms with van der Waals surface area (Å²) in [7, 11) is -3.32. The smallest absolute Gasteiger partial charge is 0.344 e. The number of aromatic nitrogens is 1. The van der Waals surface area contributed by atoms with Gasteiger partial charge in [0.1, 0.15) is 35.0 Å². The fourth-order valence-electron chi connectivity index (χ4n) is 7.29. The van der Waals surface area contributed by atoms with Crippen molar-refractivity contribution in [2.24, 2.45) is 0 Å². The average molecular weight is 811 g/mol. The van der Waals surface area contributed by atoms with E-state index < -0.39 is 21.2 Å². The van der Waals surface area contributed by atoms with Gasteiger partial charge in [0.15, 0.2) is 5.01 Å². The number of rotatable bonds is 13. The number of esters is 1. The van der Waals surface area contributed by atoms with Crippen LogP contribution in [0.2, 0.25) is 0 Å². The van der Waals surface area contributed by atoms with Gasteiger partial charge in [-0.1, -0.05) is 115 Å². The summed E-state index contributed by atoms with van der Waals surface area (Å²) in [6, 6.07) is 64.9. The molecule has 0 saturated heterocycles. The Morgan fingerprint density at radius 2 is 1.21 bits per heavy atom. The van der Waals surface area contributed by atoms with Gasteiger partial charge < -0.3 is 10.1 Å². The molecule has 0 radical (unpaired) electrons. The molecule has 0 atom stereocenters. The Bertz CT molecular complexity index is 2570. The molecule has 1 amide bonds. The summed E-state index contributed by atoms with van der Waals surface area (Å²) in [4.78, 5) is 32.6. The second-order valence-electron chi connectivity index (χ2n) is 13.5. The maximum atomic E-state index is 14.2. The summed E-state index contributed by atoms with van der Waals surface area (Å²) < 4.78 is 6.76. The molecular formula is C49H38N3O3P2S+. The van der Waals surface area contributed by atoms with Crippen LogP contribution >= 0.6 is 26.5 Å². The van der Waals surface area contributed by atoms with E-state index in [4.69, 9.17) is 4.74 Å². The van der Waals surface area contributed by atoms with Crippen LogP contribution in [0.3, 0.4) is 0 Å². The van der Waals surface area contributed by atoms with Gasteiger partial charge in [-0.05, 0) is 91.7 Å². The number of hydrogen-bond acceptors (Lipinski definition) is 6. The highest BCUT2D eigenvalue weighted by molar-refractivity contribution is 7.95. The Labute approximate surface area is 343 Å². The standard InChI is InChI=1S/C49H37N3O3P2S/c50-35-47-52-44-30-28-37(34-46(44)58-47)55-49(54)43-29-27-36(33-45(43)56(38-17-6-1-7-18-38)39-19-8-2-9-20-39)48(53)51-31-16-32-57(40-21-10-3-11-22-40,41-23-12-4-13-24-41)42-25-14-5-15-26-42/h1-15,17-30,33-34H,16,31-32H2/p+1. The Kier molecular flexibility index (Phi) is 11.9. The van der Waals surface area contributed by atoms with Crippen molar-refractivity contribution in [1.29, 1.82) is 5.26 Å². The molecule has 1 N–H and O–H groups in total. The summed E-state index contributed by atoms with van der Waals surface area (Å²) in [5.74, 6) is -0.388. The molecule has 1 heterocycles. The minimum Gasteiger partial charge on any atom is -0.423 e. The van der Waals surface area contributed by atoms with Crippen molar-refractivity contribution in [2.45, 2.75) is 6.42 Å². The Hall–Kier alpha value is -6.28. The lowest BCUT2D eigenvalue weighted by molar-refractivity contribution is 0.0735. The topological polar surface area (TPSA) is 92.1 Å². The van der Waals surface area contributed by atoms with E-state index in [1.165, 1.54) is 27.3 Å². The maximum Gasteiger partial charge on any atom is 0.344 e. The fraction of sp³-hybridized carbons (Fsp3) is 0.0612. The third-order valence-electron chi connectivity index (χ3n) is 9.96. The van der Waals surface area contributed by atoms with Crippen LogP contribution in [0.1, 0.15) is 32.1 Å². The molecule has 7 aromatic carbocycles. The number of ether oxygens (including phenoxy) is 1. The molecule has 0 aliphatic heterocycles. The number of amides is 1. The highest BCUT2D eigenvalue weighted by Gasteiger charge is 2.44. The lowest BCUT2D eigenvalue weighted by Gasteiger charge is -2.27. The number of hydrogen-bond donors (Lipinski definition) is 1. The van der Waals surface area contributed by atoms with Crippen LogP contribution in [0, 0.1) is 11.3 Å². The number of carbonyl (C=O) groups is 2. The van der Waals surface area contributed by atoms with Crippen LogP contribution in [-0.4, -0.2) is 29.6 Å². The van der Waals surface area contributed by atoms with Crippen molar-refractivity contribution < 1.29 is 14.3 Å². The van der Waals surface area contributed by atoms with Crippen molar-refractivity contribution in [3.05, 3.63) is 204 Å². The van der Waals surface area contributed by atoms with Gasteiger partial charge in [0, 0.05) is 23.5 Å². The van der Waals surface area contributed by atoms with Gasteiger partial charge in [-0.2, -0.15) is 5.26 Å². The summed E-state index contributed by atoms with van der Waals surface area (Å²) in [5, 5.41) is 19.6. The molecule has 0 aliphatic carbocycles. The van der Waals surface area contributed by atoms with Gasteiger partial charge in [-0.3, -0.25) is 4.79 Å². The van der Waals surface area contributed by atoms with Gasteiger partial charge >= 0.3 is 5.97 Å². The SMILES string of the molecule is N#Cc1nc2ccc(OC(=O)c3ccc(C(=O)NCCC[P+](c4ccccc4)(c4ccccc4)c4ccccc4)cc3P(c3ccccc3)c3ccccc3)cc2s1. The molecule has 8 rings (SSSR count). The third-order valence-corrected chi connectivity index (χ3v) is 17.9. The minimum absolute atomic E-state index is 0.204. The number of nitrogens with one attached hydrogen (secondary N) is 1. The van der Waals surface area contributed by atoms with E-state index in [9.17, 15) is 14.9 Å². The number of thiazole rings is 1. The molecule has 0 spiro atoms. The first-order valence-corrected chi connectivity index (χ1v) is 23.1. The second-order valence-corrected chi connectivity index (χ2v) is 20.4. The van der Waals surface area contributed by atoms with Crippen molar-refractivity contribution in [3.63, 3.8) is 0 Å². The first kappa shape index (κ1) is 38.6. The normalized spacial score (nSPS) is 11.2. The van der Waals surface area contributed by atoms with Gasteiger partial charge in [0.25, 0.3) is 5.91 Å². The van der Waals surface area contributed by atoms with Crippen molar-refractivity contribution >= 4 is 80.4 Å². The molecule has 6 nitrogen and oxygen atoms in total. The Morgan fingerprint density at radius 1 is 0.672 bits per heavy atom. The minimum atomic E-state index is -2.05. The number of fused-ring (bicyclic) bond motifs is 1. The average Bonchev–Trinajstić information content (AvgIpc) is 3.71. The van der Waals surface area contributed by atoms with Crippen LogP contribution in [-0.2, 0) is 0 Å². The van der Waals surface area contributed by atoms with Gasteiger partial charge in [0.05, 0.1) is 21.9 Å². The molecule has 9 heteroatoms. The number of benzene rings is 7. The summed E-state index contributed by atoms with van der Waals surface area (Å²) in [5.41, 5.74) is 1.51. The van der Waals surface area contributed by atoms with E-state index >= 15 is 0 Å². The first-order chi connectivity index (χ1) is 28.5. The molecule has 1 aromatic heterocycles. The predicted molar refractivity (Wildman–Crippen MR) is 241 cm³/mol. The van der Waals surface area contributed by atoms with E-state index in [0.717, 1.165) is 33.2 Å². The van der Waals surface area contributed by atoms with Gasteiger partial charge in [0.2, 0.25) is 0 Å². The van der Waals surface area contributed by atoms with Crippen LogP contribution in [0.15, 0.2) is 188 Å². The largest absolute Gasteiger partial charge is 0.423 e. The fourth-order valence-corrected chi connectivity index (χ4v) is 14.9. The Morgan fingerprint density at radius 3 is 1.74 bits per heavy atom. The van der Waals surface area contributed by atoms with Crippen LogP contribution < -0.4 is 41.9 Å². The third kappa shape index (κ3) is 8.23. The van der Waals surface area contributed by atoms with E-state index in [1.807, 2.05) is 42.5 Å². The zero-order valence-electron chi connectivity index (χ0n) is 31.4. The lowest BCUT2D eigenvalue weighted by atomic mass is 10.1. The molecule has 8 aromatic rings. The lowest BCUT2D eigenvalue weighted by Crippen LogP contribution is -2.35. The predicted octanol–water partition coefficient (Wildman–Crippen LogP) is 8.26. The quantitative estimate of drug-likeness (QED) is 0.0549. The highest BCUT2D eigenvalue weighted by Crippen LogP contribution is 2.55. The Balaban J connectivity index is 1.10. The summed E-state index contributed by atoms with van der Waals surface area (Å²) in [6.07, 6.45) is 1.63. The molecule has 0 fully saturated rings. The van der Waals surface area contributed by atoms with Gasteiger partial charge in [-0.25, -0.2) is 9.78 Å². The molecule has 0 bridgehead atoms. The highest BCUT2D eigenvalue weighted by atomic mass is 32.1. The van der Waals surface area contributed by atoms with E-state index in [2.05, 4.69) is 132 Å². The number of nitriles is 1. The van der Waals surface area contributed by atoms with Gasteiger partial charge in [-0.15, -0.1) is 11.3 Å². The van der Waals surface area contributed by atoms with E-state index in [1.54, 1.807) is 30.3 Å². The first-order valence-electron chi connectivity index (χ1n) is 18.9. The zero-order valence-corrected chi connectivity index (χ0v) is 34.0. The zero-order chi connectivity index (χ0) is 39.7. The molecule has 0 unspecified atom stereocenters. The monoisotopic (exact) mass is 810 g/mol. The van der Waals surface area contributed by atoms with E-state index in [-0.39, 0.29) is 5.91 Å². The molecule has 282 valence electrons. The number of carbonyl (C=O) groups excluding carboxylic acids is 2. The van der Waals surface area contributed by atoms with Crippen LogP contribution in [0.5, 0.6) is 5.75 Å².